The van der Waals surface area contributed by atoms with Crippen molar-refractivity contribution in [3.63, 3.8) is 0 Å². The van der Waals surface area contributed by atoms with Crippen LogP contribution in [0.1, 0.15) is 31.4 Å². The largest absolute Gasteiger partial charge is 0.353 e. The number of rotatable bonds is 8. The van der Waals surface area contributed by atoms with Gasteiger partial charge < -0.3 is 5.32 Å². The van der Waals surface area contributed by atoms with Gasteiger partial charge in [0.15, 0.2) is 5.82 Å². The van der Waals surface area contributed by atoms with Crippen molar-refractivity contribution >= 4 is 17.7 Å². The first-order chi connectivity index (χ1) is 13.5. The zero-order chi connectivity index (χ0) is 19.9. The molecule has 1 heterocycles. The minimum absolute atomic E-state index is 0.00671. The molecule has 1 amide bonds. The Morgan fingerprint density at radius 3 is 2.54 bits per heavy atom. The molecule has 0 saturated carbocycles. The van der Waals surface area contributed by atoms with Gasteiger partial charge in [-0.05, 0) is 39.2 Å². The number of hydrogen-bond acceptors (Lipinski definition) is 4. The van der Waals surface area contributed by atoms with Crippen LogP contribution in [-0.4, -0.2) is 32.4 Å². The molecule has 5 nitrogen and oxygen atoms in total. The van der Waals surface area contributed by atoms with Crippen LogP contribution in [0.5, 0.6) is 0 Å². The van der Waals surface area contributed by atoms with E-state index < -0.39 is 0 Å². The van der Waals surface area contributed by atoms with Crippen molar-refractivity contribution in [3.05, 3.63) is 65.7 Å². The van der Waals surface area contributed by atoms with Crippen LogP contribution in [0.4, 0.5) is 0 Å². The van der Waals surface area contributed by atoms with Gasteiger partial charge in [-0.2, -0.15) is 0 Å². The third-order valence-corrected chi connectivity index (χ3v) is 5.50. The molecule has 146 valence electrons. The molecule has 0 saturated heterocycles. The van der Waals surface area contributed by atoms with Gasteiger partial charge in [0.1, 0.15) is 0 Å². The van der Waals surface area contributed by atoms with E-state index in [0.717, 1.165) is 18.4 Å². The monoisotopic (exact) mass is 394 g/mol. The molecule has 0 aliphatic heterocycles. The van der Waals surface area contributed by atoms with Gasteiger partial charge in [-0.3, -0.25) is 9.89 Å². The van der Waals surface area contributed by atoms with E-state index in [9.17, 15) is 4.79 Å². The Morgan fingerprint density at radius 2 is 1.82 bits per heavy atom. The van der Waals surface area contributed by atoms with Crippen LogP contribution in [0.25, 0.3) is 11.4 Å². The quantitative estimate of drug-likeness (QED) is 0.556. The summed E-state index contributed by atoms with van der Waals surface area (Å²) >= 11 is 1.36. The van der Waals surface area contributed by atoms with Crippen molar-refractivity contribution in [1.82, 2.24) is 20.5 Å². The number of H-pyrrole nitrogens is 1. The Morgan fingerprint density at radius 1 is 1.11 bits per heavy atom. The third kappa shape index (κ3) is 5.70. The van der Waals surface area contributed by atoms with Gasteiger partial charge in [0.2, 0.25) is 11.1 Å². The molecular formula is C22H26N4OS. The lowest BCUT2D eigenvalue weighted by molar-refractivity contribution is -0.120. The summed E-state index contributed by atoms with van der Waals surface area (Å²) in [6, 6.07) is 18.5. The molecule has 0 unspecified atom stereocenters. The van der Waals surface area contributed by atoms with Gasteiger partial charge in [-0.15, -0.1) is 5.10 Å². The summed E-state index contributed by atoms with van der Waals surface area (Å²) in [5.74, 6) is 0.721. The summed E-state index contributed by atoms with van der Waals surface area (Å²) < 4.78 is 0. The van der Waals surface area contributed by atoms with Gasteiger partial charge in [0.25, 0.3) is 0 Å². The summed E-state index contributed by atoms with van der Waals surface area (Å²) in [6.45, 7) is 5.97. The van der Waals surface area contributed by atoms with E-state index in [2.05, 4.69) is 32.6 Å². The number of benzene rings is 2. The standard InChI is InChI=1S/C22H26N4OS/c1-15-9-13-19(14-10-15)20-24-22(26-25-20)28-17(3)21(27)23-16(2)11-12-18-7-5-4-6-8-18/h4-10,13-14,16-17H,11-12H2,1-3H3,(H,23,27)(H,24,25,26)/t16-,17+/m1/s1. The molecule has 3 rings (SSSR count). The molecule has 2 atom stereocenters. The van der Waals surface area contributed by atoms with E-state index in [-0.39, 0.29) is 17.2 Å². The number of carbonyl (C=O) groups excluding carboxylic acids is 1. The molecule has 0 fully saturated rings. The topological polar surface area (TPSA) is 70.7 Å². The van der Waals surface area contributed by atoms with Crippen molar-refractivity contribution in [3.8, 4) is 11.4 Å². The van der Waals surface area contributed by atoms with Crippen LogP contribution in [0.2, 0.25) is 0 Å². The van der Waals surface area contributed by atoms with E-state index in [1.165, 1.54) is 22.9 Å². The van der Waals surface area contributed by atoms with Crippen LogP contribution in [0.15, 0.2) is 59.8 Å². The zero-order valence-corrected chi connectivity index (χ0v) is 17.3. The lowest BCUT2D eigenvalue weighted by Gasteiger charge is -2.16. The summed E-state index contributed by atoms with van der Waals surface area (Å²) in [5, 5.41) is 10.6. The number of thioether (sulfide) groups is 1. The predicted molar refractivity (Wildman–Crippen MR) is 114 cm³/mol. The number of nitrogens with one attached hydrogen (secondary N) is 2. The number of nitrogens with zero attached hydrogens (tertiary/aromatic N) is 2. The van der Waals surface area contributed by atoms with E-state index in [0.29, 0.717) is 11.0 Å². The third-order valence-electron chi connectivity index (χ3n) is 4.54. The molecule has 0 bridgehead atoms. The van der Waals surface area contributed by atoms with Crippen LogP contribution < -0.4 is 5.32 Å². The summed E-state index contributed by atoms with van der Waals surface area (Å²) in [4.78, 5) is 17.0. The van der Waals surface area contributed by atoms with Gasteiger partial charge in [0.05, 0.1) is 5.25 Å². The van der Waals surface area contributed by atoms with E-state index in [1.807, 2.05) is 63.2 Å². The second kappa shape index (κ2) is 9.55. The number of carbonyl (C=O) groups is 1. The molecule has 3 aromatic rings. The minimum atomic E-state index is -0.263. The number of aryl methyl sites for hydroxylation is 2. The van der Waals surface area contributed by atoms with Crippen LogP contribution >= 0.6 is 11.8 Å². The zero-order valence-electron chi connectivity index (χ0n) is 16.5. The Hall–Kier alpha value is -2.60. The summed E-state index contributed by atoms with van der Waals surface area (Å²) in [6.07, 6.45) is 1.86. The van der Waals surface area contributed by atoms with Crippen molar-refractivity contribution in [2.75, 3.05) is 0 Å². The average Bonchev–Trinajstić information content (AvgIpc) is 3.16. The SMILES string of the molecule is Cc1ccc(-c2nc(S[C@@H](C)C(=O)N[C@H](C)CCc3ccccc3)n[nH]2)cc1. The predicted octanol–water partition coefficient (Wildman–Crippen LogP) is 4.40. The first kappa shape index (κ1) is 20.1. The fourth-order valence-electron chi connectivity index (χ4n) is 2.81. The smallest absolute Gasteiger partial charge is 0.233 e. The fourth-order valence-corrected chi connectivity index (χ4v) is 3.55. The maximum absolute atomic E-state index is 12.5. The van der Waals surface area contributed by atoms with Crippen LogP contribution in [0.3, 0.4) is 0 Å². The van der Waals surface area contributed by atoms with Crippen molar-refractivity contribution in [1.29, 1.82) is 0 Å². The Bertz CT molecular complexity index is 892. The maximum atomic E-state index is 12.5. The molecule has 28 heavy (non-hydrogen) atoms. The van der Waals surface area contributed by atoms with Crippen LogP contribution in [-0.2, 0) is 11.2 Å². The number of aromatic nitrogens is 3. The maximum Gasteiger partial charge on any atom is 0.233 e. The van der Waals surface area contributed by atoms with E-state index in [1.54, 1.807) is 0 Å². The molecule has 2 aromatic carbocycles. The number of amides is 1. The number of aromatic amines is 1. The van der Waals surface area contributed by atoms with E-state index in [4.69, 9.17) is 0 Å². The second-order valence-corrected chi connectivity index (χ2v) is 8.33. The van der Waals surface area contributed by atoms with Gasteiger partial charge in [-0.25, -0.2) is 4.98 Å². The normalized spacial score (nSPS) is 13.1. The van der Waals surface area contributed by atoms with Gasteiger partial charge in [-0.1, -0.05) is 71.9 Å². The highest BCUT2D eigenvalue weighted by Gasteiger charge is 2.19. The summed E-state index contributed by atoms with van der Waals surface area (Å²) in [7, 11) is 0. The van der Waals surface area contributed by atoms with E-state index >= 15 is 0 Å². The lowest BCUT2D eigenvalue weighted by Crippen LogP contribution is -2.37. The Kier molecular flexibility index (Phi) is 6.87. The molecule has 2 N–H and O–H groups in total. The molecule has 0 spiro atoms. The van der Waals surface area contributed by atoms with Crippen molar-refractivity contribution in [2.24, 2.45) is 0 Å². The van der Waals surface area contributed by atoms with Crippen molar-refractivity contribution < 1.29 is 4.79 Å². The molecule has 1 aromatic heterocycles. The highest BCUT2D eigenvalue weighted by molar-refractivity contribution is 8.00. The minimum Gasteiger partial charge on any atom is -0.353 e. The van der Waals surface area contributed by atoms with Crippen LogP contribution in [0, 0.1) is 6.92 Å². The average molecular weight is 395 g/mol. The first-order valence-electron chi connectivity index (χ1n) is 9.51. The lowest BCUT2D eigenvalue weighted by atomic mass is 10.1. The molecular weight excluding hydrogens is 368 g/mol. The molecule has 0 aliphatic carbocycles. The molecule has 0 radical (unpaired) electrons. The first-order valence-corrected chi connectivity index (χ1v) is 10.4. The van der Waals surface area contributed by atoms with Gasteiger partial charge >= 0.3 is 0 Å². The summed E-state index contributed by atoms with van der Waals surface area (Å²) in [5.41, 5.74) is 3.47. The fraction of sp³-hybridized carbons (Fsp3) is 0.318. The highest BCUT2D eigenvalue weighted by atomic mass is 32.2. The number of hydrogen-bond donors (Lipinski definition) is 2. The highest BCUT2D eigenvalue weighted by Crippen LogP contribution is 2.23. The second-order valence-electron chi connectivity index (χ2n) is 7.03. The Balaban J connectivity index is 1.49. The molecule has 0 aliphatic rings. The van der Waals surface area contributed by atoms with Crippen molar-refractivity contribution in [2.45, 2.75) is 50.1 Å². The molecule has 6 heteroatoms. The Labute approximate surface area is 170 Å². The van der Waals surface area contributed by atoms with Gasteiger partial charge in [0, 0.05) is 11.6 Å².